The molecule has 0 heterocycles. The van der Waals surface area contributed by atoms with Crippen molar-refractivity contribution in [3.63, 3.8) is 0 Å². The summed E-state index contributed by atoms with van der Waals surface area (Å²) in [5.74, 6) is -11.4. The lowest BCUT2D eigenvalue weighted by molar-refractivity contribution is -0.359. The number of alkyl halides is 7. The molecule has 0 bridgehead atoms. The number of benzene rings is 1. The van der Waals surface area contributed by atoms with E-state index in [4.69, 9.17) is 0 Å². The Labute approximate surface area is 98.4 Å². The third kappa shape index (κ3) is 2.18. The van der Waals surface area contributed by atoms with E-state index in [0.29, 0.717) is 6.07 Å². The third-order valence-electron chi connectivity index (χ3n) is 2.48. The van der Waals surface area contributed by atoms with Crippen molar-refractivity contribution in [1.82, 2.24) is 0 Å². The predicted octanol–water partition coefficient (Wildman–Crippen LogP) is 4.59. The van der Waals surface area contributed by atoms with E-state index in [1.807, 2.05) is 0 Å². The van der Waals surface area contributed by atoms with E-state index in [1.165, 1.54) is 13.0 Å². The van der Waals surface area contributed by atoms with Crippen molar-refractivity contribution in [3.05, 3.63) is 34.9 Å². The molecule has 0 amide bonds. The van der Waals surface area contributed by atoms with Gasteiger partial charge >= 0.3 is 18.0 Å². The topological polar surface area (TPSA) is 0 Å². The van der Waals surface area contributed by atoms with Gasteiger partial charge in [-0.3, -0.25) is 0 Å². The van der Waals surface area contributed by atoms with Crippen LogP contribution in [0, 0.1) is 13.8 Å². The molecule has 0 aliphatic heterocycles. The molecular formula is C11H9F7. The summed E-state index contributed by atoms with van der Waals surface area (Å²) in [6, 6.07) is 3.06. The van der Waals surface area contributed by atoms with Crippen molar-refractivity contribution in [2.24, 2.45) is 0 Å². The van der Waals surface area contributed by atoms with Gasteiger partial charge in [0, 0.05) is 5.56 Å². The summed E-state index contributed by atoms with van der Waals surface area (Å²) in [7, 11) is 0. The van der Waals surface area contributed by atoms with Crippen LogP contribution in [0.15, 0.2) is 18.2 Å². The second kappa shape index (κ2) is 4.13. The van der Waals surface area contributed by atoms with Crippen molar-refractivity contribution >= 4 is 0 Å². The molecule has 0 unspecified atom stereocenters. The number of halogens is 7. The van der Waals surface area contributed by atoms with Crippen LogP contribution in [-0.4, -0.2) is 12.1 Å². The molecule has 7 heteroatoms. The Morgan fingerprint density at radius 1 is 0.833 bits per heavy atom. The fraction of sp³-hybridized carbons (Fsp3) is 0.455. The van der Waals surface area contributed by atoms with Gasteiger partial charge in [0.05, 0.1) is 0 Å². The van der Waals surface area contributed by atoms with Gasteiger partial charge in [-0.15, -0.1) is 0 Å². The van der Waals surface area contributed by atoms with Crippen LogP contribution in [0.3, 0.4) is 0 Å². The van der Waals surface area contributed by atoms with Crippen LogP contribution in [0.4, 0.5) is 30.7 Å². The Morgan fingerprint density at radius 2 is 1.33 bits per heavy atom. The molecule has 1 rings (SSSR count). The Kier molecular flexibility index (Phi) is 3.40. The lowest BCUT2D eigenvalue weighted by atomic mass is 9.95. The quantitative estimate of drug-likeness (QED) is 0.692. The Bertz CT molecular complexity index is 445. The number of aryl methyl sites for hydroxylation is 2. The van der Waals surface area contributed by atoms with E-state index in [0.717, 1.165) is 13.0 Å². The molecule has 1 aromatic rings. The molecule has 0 saturated carbocycles. The van der Waals surface area contributed by atoms with Crippen molar-refractivity contribution in [1.29, 1.82) is 0 Å². The first kappa shape index (κ1) is 14.8. The summed E-state index contributed by atoms with van der Waals surface area (Å²) < 4.78 is 88.5. The summed E-state index contributed by atoms with van der Waals surface area (Å²) >= 11 is 0. The summed E-state index contributed by atoms with van der Waals surface area (Å²) in [6.45, 7) is 2.37. The van der Waals surface area contributed by atoms with Crippen molar-refractivity contribution < 1.29 is 30.7 Å². The van der Waals surface area contributed by atoms with Crippen molar-refractivity contribution in [2.45, 2.75) is 31.9 Å². The van der Waals surface area contributed by atoms with Crippen LogP contribution in [0.2, 0.25) is 0 Å². The maximum absolute atomic E-state index is 13.4. The minimum atomic E-state index is -6.31. The molecule has 0 fully saturated rings. The Morgan fingerprint density at radius 3 is 1.78 bits per heavy atom. The first-order valence-electron chi connectivity index (χ1n) is 4.81. The van der Waals surface area contributed by atoms with Crippen molar-refractivity contribution in [2.75, 3.05) is 0 Å². The number of hydrogen-bond acceptors (Lipinski definition) is 0. The van der Waals surface area contributed by atoms with Gasteiger partial charge in [0.1, 0.15) is 0 Å². The van der Waals surface area contributed by atoms with Crippen molar-refractivity contribution in [3.8, 4) is 0 Å². The number of hydrogen-bond donors (Lipinski definition) is 0. The van der Waals surface area contributed by atoms with E-state index in [-0.39, 0.29) is 11.1 Å². The maximum Gasteiger partial charge on any atom is 0.460 e. The summed E-state index contributed by atoms with van der Waals surface area (Å²) in [6.07, 6.45) is -6.31. The van der Waals surface area contributed by atoms with Gasteiger partial charge in [0.25, 0.3) is 0 Å². The SMILES string of the molecule is Cc1ccc(C)c(C(F)(F)C(F)(F)C(F)(F)F)c1. The van der Waals surface area contributed by atoms with Crippen LogP contribution < -0.4 is 0 Å². The summed E-state index contributed by atoms with van der Waals surface area (Å²) in [5, 5.41) is 0. The normalized spacial score (nSPS) is 13.8. The lowest BCUT2D eigenvalue weighted by Gasteiger charge is -2.29. The first-order chi connectivity index (χ1) is 7.91. The highest BCUT2D eigenvalue weighted by molar-refractivity contribution is 5.35. The van der Waals surface area contributed by atoms with Gasteiger partial charge in [-0.2, -0.15) is 30.7 Å². The highest BCUT2D eigenvalue weighted by Crippen LogP contribution is 2.52. The minimum Gasteiger partial charge on any atom is -0.194 e. The van der Waals surface area contributed by atoms with Gasteiger partial charge in [0.2, 0.25) is 0 Å². The summed E-state index contributed by atoms with van der Waals surface area (Å²) in [4.78, 5) is 0. The monoisotopic (exact) mass is 274 g/mol. The standard InChI is InChI=1S/C11H9F7/c1-6-3-4-7(2)8(5-6)9(12,13)10(14,15)11(16,17)18/h3-5H,1-2H3. The van der Waals surface area contributed by atoms with Gasteiger partial charge in [0.15, 0.2) is 0 Å². The lowest BCUT2D eigenvalue weighted by Crippen LogP contribution is -2.50. The van der Waals surface area contributed by atoms with E-state index in [9.17, 15) is 30.7 Å². The molecule has 102 valence electrons. The van der Waals surface area contributed by atoms with Gasteiger partial charge in [-0.05, 0) is 25.5 Å². The number of rotatable bonds is 2. The molecule has 0 aliphatic carbocycles. The van der Waals surface area contributed by atoms with E-state index >= 15 is 0 Å². The van der Waals surface area contributed by atoms with Crippen LogP contribution in [0.25, 0.3) is 0 Å². The van der Waals surface area contributed by atoms with E-state index < -0.39 is 23.6 Å². The Balaban J connectivity index is 3.42. The largest absolute Gasteiger partial charge is 0.460 e. The first-order valence-corrected chi connectivity index (χ1v) is 4.81. The molecule has 18 heavy (non-hydrogen) atoms. The van der Waals surface area contributed by atoms with E-state index in [1.54, 1.807) is 0 Å². The van der Waals surface area contributed by atoms with Crippen LogP contribution >= 0.6 is 0 Å². The molecule has 1 aromatic carbocycles. The van der Waals surface area contributed by atoms with Gasteiger partial charge in [-0.25, -0.2) is 0 Å². The molecule has 0 spiro atoms. The fourth-order valence-electron chi connectivity index (χ4n) is 1.42. The van der Waals surface area contributed by atoms with Gasteiger partial charge in [-0.1, -0.05) is 17.7 Å². The maximum atomic E-state index is 13.4. The highest BCUT2D eigenvalue weighted by Gasteiger charge is 2.73. The third-order valence-corrected chi connectivity index (χ3v) is 2.48. The second-order valence-corrected chi connectivity index (χ2v) is 3.96. The molecule has 0 aromatic heterocycles. The molecular weight excluding hydrogens is 265 g/mol. The van der Waals surface area contributed by atoms with Crippen LogP contribution in [0.1, 0.15) is 16.7 Å². The zero-order chi connectivity index (χ0) is 14.4. The molecule has 0 aliphatic rings. The minimum absolute atomic E-state index is 0.174. The second-order valence-electron chi connectivity index (χ2n) is 3.96. The predicted molar refractivity (Wildman–Crippen MR) is 50.8 cm³/mol. The zero-order valence-corrected chi connectivity index (χ0v) is 9.38. The fourth-order valence-corrected chi connectivity index (χ4v) is 1.42. The molecule has 0 saturated heterocycles. The smallest absolute Gasteiger partial charge is 0.194 e. The van der Waals surface area contributed by atoms with Gasteiger partial charge < -0.3 is 0 Å². The van der Waals surface area contributed by atoms with Crippen LogP contribution in [0.5, 0.6) is 0 Å². The average Bonchev–Trinajstić information content (AvgIpc) is 2.19. The van der Waals surface area contributed by atoms with E-state index in [2.05, 4.69) is 0 Å². The van der Waals surface area contributed by atoms with Crippen LogP contribution in [-0.2, 0) is 5.92 Å². The summed E-state index contributed by atoms with van der Waals surface area (Å²) in [5.41, 5.74) is -1.47. The molecule has 0 nitrogen and oxygen atoms in total. The molecule has 0 radical (unpaired) electrons. The molecule has 0 atom stereocenters. The molecule has 0 N–H and O–H groups in total. The highest BCUT2D eigenvalue weighted by atomic mass is 19.4. The zero-order valence-electron chi connectivity index (χ0n) is 9.38. The Hall–Kier alpha value is -1.27. The average molecular weight is 274 g/mol.